The molecule has 2 aliphatic heterocycles. The zero-order valence-electron chi connectivity index (χ0n) is 31.4. The number of methoxy groups -OCH3 is 1. The molecule has 1 saturated heterocycles. The summed E-state index contributed by atoms with van der Waals surface area (Å²) in [7, 11) is 3.25. The van der Waals surface area contributed by atoms with E-state index in [0.29, 0.717) is 55.4 Å². The van der Waals surface area contributed by atoms with Crippen molar-refractivity contribution in [2.24, 2.45) is 13.0 Å². The van der Waals surface area contributed by atoms with Crippen molar-refractivity contribution in [3.8, 4) is 11.1 Å². The number of anilines is 1. The average Bonchev–Trinajstić information content (AvgIpc) is 3.46. The van der Waals surface area contributed by atoms with Crippen LogP contribution in [-0.2, 0) is 47.2 Å². The van der Waals surface area contributed by atoms with E-state index in [-0.39, 0.29) is 30.2 Å². The van der Waals surface area contributed by atoms with Crippen molar-refractivity contribution in [3.05, 3.63) is 106 Å². The molecular formula is C41H44ClN7O5. The van der Waals surface area contributed by atoms with Gasteiger partial charge in [0, 0.05) is 80.8 Å². The molecule has 1 N–H and O–H groups in total. The highest BCUT2D eigenvalue weighted by molar-refractivity contribution is 6.34. The fourth-order valence-corrected chi connectivity index (χ4v) is 7.51. The molecule has 0 bridgehead atoms. The van der Waals surface area contributed by atoms with Crippen LogP contribution in [0.1, 0.15) is 65.2 Å². The summed E-state index contributed by atoms with van der Waals surface area (Å²) in [6.07, 6.45) is 4.32. The van der Waals surface area contributed by atoms with Crippen LogP contribution in [0.2, 0.25) is 5.02 Å². The lowest BCUT2D eigenvalue weighted by Gasteiger charge is -2.37. The zero-order chi connectivity index (χ0) is 38.3. The number of hydrogen-bond acceptors (Lipinski definition) is 9. The number of pyridine rings is 2. The van der Waals surface area contributed by atoms with Gasteiger partial charge in [0.15, 0.2) is 5.82 Å². The van der Waals surface area contributed by atoms with E-state index in [4.69, 9.17) is 26.1 Å². The predicted octanol–water partition coefficient (Wildman–Crippen LogP) is 6.73. The van der Waals surface area contributed by atoms with Crippen LogP contribution in [0.4, 0.5) is 10.5 Å². The lowest BCUT2D eigenvalue weighted by molar-refractivity contribution is -0.151. The van der Waals surface area contributed by atoms with Crippen molar-refractivity contribution >= 4 is 46.2 Å². The third-order valence-electron chi connectivity index (χ3n) is 10.0. The van der Waals surface area contributed by atoms with E-state index in [1.807, 2.05) is 88.0 Å². The number of benzene rings is 2. The van der Waals surface area contributed by atoms with Gasteiger partial charge in [-0.05, 0) is 68.1 Å². The maximum absolute atomic E-state index is 13.7. The summed E-state index contributed by atoms with van der Waals surface area (Å²) >= 11 is 7.14. The number of carbonyl (C=O) groups is 3. The number of nitrogens with zero attached hydrogens (tertiary/aromatic N) is 6. The summed E-state index contributed by atoms with van der Waals surface area (Å²) < 4.78 is 12.2. The van der Waals surface area contributed by atoms with Gasteiger partial charge in [0.05, 0.1) is 41.5 Å². The number of aromatic nitrogens is 4. The quantitative estimate of drug-likeness (QED) is 0.172. The Bertz CT molecular complexity index is 2270. The molecule has 1 fully saturated rings. The third-order valence-corrected chi connectivity index (χ3v) is 10.5. The van der Waals surface area contributed by atoms with Crippen LogP contribution in [0.25, 0.3) is 22.0 Å². The highest BCUT2D eigenvalue weighted by Crippen LogP contribution is 2.37. The van der Waals surface area contributed by atoms with Gasteiger partial charge in [0.25, 0.3) is 5.91 Å². The van der Waals surface area contributed by atoms with Crippen LogP contribution in [0.5, 0.6) is 0 Å². The maximum Gasteiger partial charge on any atom is 0.410 e. The summed E-state index contributed by atoms with van der Waals surface area (Å²) in [6, 6.07) is 15.8. The molecule has 3 aromatic heterocycles. The zero-order valence-corrected chi connectivity index (χ0v) is 32.2. The van der Waals surface area contributed by atoms with Gasteiger partial charge in [-0.15, -0.1) is 0 Å². The second-order valence-electron chi connectivity index (χ2n) is 15.0. The molecule has 0 spiro atoms. The van der Waals surface area contributed by atoms with Crippen LogP contribution < -0.4 is 5.32 Å². The van der Waals surface area contributed by atoms with Gasteiger partial charge in [0.1, 0.15) is 5.60 Å². The molecule has 2 aliphatic rings. The van der Waals surface area contributed by atoms with Gasteiger partial charge in [-0.2, -0.15) is 0 Å². The number of carbonyl (C=O) groups excluding carboxylic acids is 3. The van der Waals surface area contributed by atoms with Crippen LogP contribution >= 0.6 is 11.6 Å². The number of ether oxygens (including phenoxy) is 2. The molecule has 7 rings (SSSR count). The van der Waals surface area contributed by atoms with Crippen molar-refractivity contribution in [2.75, 3.05) is 32.1 Å². The molecule has 12 nitrogen and oxygen atoms in total. The smallest absolute Gasteiger partial charge is 0.410 e. The van der Waals surface area contributed by atoms with Crippen LogP contribution in [0.15, 0.2) is 60.9 Å². The van der Waals surface area contributed by atoms with Crippen molar-refractivity contribution < 1.29 is 23.9 Å². The van der Waals surface area contributed by atoms with E-state index < -0.39 is 11.7 Å². The van der Waals surface area contributed by atoms with E-state index in [0.717, 1.165) is 50.1 Å². The van der Waals surface area contributed by atoms with Gasteiger partial charge in [-0.25, -0.2) is 9.78 Å². The lowest BCUT2D eigenvalue weighted by atomic mass is 9.96. The second kappa shape index (κ2) is 14.8. The van der Waals surface area contributed by atoms with E-state index in [1.54, 1.807) is 11.1 Å². The number of likely N-dealkylation sites (tertiary alicyclic amines) is 1. The van der Waals surface area contributed by atoms with E-state index in [1.165, 1.54) is 7.11 Å². The number of halogens is 1. The molecule has 13 heteroatoms. The average molecular weight is 750 g/mol. The Morgan fingerprint density at radius 1 is 1.04 bits per heavy atom. The Hall–Kier alpha value is -5.33. The standard InChI is InChI=1S/C41H44ClN7O5/c1-24-29(10-8-12-31(24)46-38(50)37-45-33-23-49(16-14-34(33)47(37)5)40(52)54-41(2,3)4)30-11-7-9-26(35(30)42)18-32-36-27(13-15-43-32)17-25(19-44-36)20-48-21-28(22-48)39(51)53-6/h7-13,15,17,19,28H,14,16,18,20-23H2,1-6H3,(H,46,50). The minimum absolute atomic E-state index is 0.0663. The fourth-order valence-electron chi connectivity index (χ4n) is 7.21. The molecule has 0 aliphatic carbocycles. The summed E-state index contributed by atoms with van der Waals surface area (Å²) in [5, 5.41) is 4.66. The normalized spacial score (nSPS) is 14.8. The minimum atomic E-state index is -0.601. The Kier molecular flexibility index (Phi) is 10.2. The molecule has 5 aromatic rings. The van der Waals surface area contributed by atoms with E-state index in [2.05, 4.69) is 26.3 Å². The Morgan fingerprint density at radius 2 is 1.80 bits per heavy atom. The van der Waals surface area contributed by atoms with Gasteiger partial charge in [0.2, 0.25) is 0 Å². The fraction of sp³-hybridized carbons (Fsp3) is 0.366. The number of amides is 2. The molecule has 280 valence electrons. The van der Waals surface area contributed by atoms with Crippen molar-refractivity contribution in [1.29, 1.82) is 0 Å². The van der Waals surface area contributed by atoms with Crippen LogP contribution in [0, 0.1) is 12.8 Å². The number of nitrogens with one attached hydrogen (secondary N) is 1. The van der Waals surface area contributed by atoms with Gasteiger partial charge in [-0.3, -0.25) is 24.5 Å². The van der Waals surface area contributed by atoms with Gasteiger partial charge < -0.3 is 24.3 Å². The van der Waals surface area contributed by atoms with Gasteiger partial charge >= 0.3 is 12.1 Å². The first-order valence-electron chi connectivity index (χ1n) is 18.0. The summed E-state index contributed by atoms with van der Waals surface area (Å²) in [5.41, 5.74) is 7.84. The van der Waals surface area contributed by atoms with Crippen LogP contribution in [-0.4, -0.2) is 79.6 Å². The predicted molar refractivity (Wildman–Crippen MR) is 206 cm³/mol. The Balaban J connectivity index is 1.07. The Morgan fingerprint density at radius 3 is 2.56 bits per heavy atom. The van der Waals surface area contributed by atoms with E-state index in [9.17, 15) is 14.4 Å². The maximum atomic E-state index is 13.7. The van der Waals surface area contributed by atoms with Gasteiger partial charge in [-0.1, -0.05) is 41.9 Å². The highest BCUT2D eigenvalue weighted by Gasteiger charge is 2.33. The van der Waals surface area contributed by atoms with Crippen molar-refractivity contribution in [3.63, 3.8) is 0 Å². The molecule has 2 aromatic carbocycles. The first-order valence-corrected chi connectivity index (χ1v) is 18.4. The number of fused-ring (bicyclic) bond motifs is 2. The summed E-state index contributed by atoms with van der Waals surface area (Å²) in [6.45, 7) is 10.3. The molecule has 0 radical (unpaired) electrons. The monoisotopic (exact) mass is 749 g/mol. The first kappa shape index (κ1) is 37.0. The Labute approximate surface area is 319 Å². The molecule has 5 heterocycles. The second-order valence-corrected chi connectivity index (χ2v) is 15.4. The summed E-state index contributed by atoms with van der Waals surface area (Å²) in [5.74, 6) is -0.301. The number of hydrogen-bond donors (Lipinski definition) is 1. The lowest BCUT2D eigenvalue weighted by Crippen LogP contribution is -2.49. The highest BCUT2D eigenvalue weighted by atomic mass is 35.5. The molecule has 54 heavy (non-hydrogen) atoms. The topological polar surface area (TPSA) is 132 Å². The first-order chi connectivity index (χ1) is 25.8. The van der Waals surface area contributed by atoms with E-state index >= 15 is 0 Å². The number of imidazole rings is 1. The van der Waals surface area contributed by atoms with Crippen LogP contribution in [0.3, 0.4) is 0 Å². The molecule has 2 amide bonds. The molecule has 0 atom stereocenters. The molecule has 0 unspecified atom stereocenters. The number of esters is 1. The largest absolute Gasteiger partial charge is 0.469 e. The SMILES string of the molecule is COC(=O)C1CN(Cc2cnc3c(Cc4cccc(-c5cccc(NC(=O)c6nc7c(n6C)CCN(C(=O)OC(C)(C)C)C7)c5C)c4Cl)nccc3c2)C1. The number of rotatable bonds is 8. The molecular weight excluding hydrogens is 706 g/mol. The summed E-state index contributed by atoms with van der Waals surface area (Å²) in [4.78, 5) is 56.1. The molecule has 0 saturated carbocycles. The minimum Gasteiger partial charge on any atom is -0.469 e. The van der Waals surface area contributed by atoms with Crippen molar-refractivity contribution in [1.82, 2.24) is 29.3 Å². The third kappa shape index (κ3) is 7.53. The van der Waals surface area contributed by atoms with Crippen molar-refractivity contribution in [2.45, 2.75) is 59.2 Å².